The lowest BCUT2D eigenvalue weighted by molar-refractivity contribution is -0.123. The number of hydrogen-bond donors (Lipinski definition) is 2. The molecule has 1 aliphatic heterocycles. The Labute approximate surface area is 101 Å². The number of hydrogen-bond acceptors (Lipinski definition) is 3. The first-order valence-electron chi connectivity index (χ1n) is 5.24. The summed E-state index contributed by atoms with van der Waals surface area (Å²) in [7, 11) is 0. The molecule has 1 unspecified atom stereocenters. The Hall–Kier alpha value is -2.18. The summed E-state index contributed by atoms with van der Waals surface area (Å²) in [5, 5.41) is 0. The maximum absolute atomic E-state index is 13.3. The molecule has 0 spiro atoms. The minimum atomic E-state index is -0.944. The van der Waals surface area contributed by atoms with Crippen LogP contribution in [-0.4, -0.2) is 18.4 Å². The second-order valence-corrected chi connectivity index (χ2v) is 4.13. The zero-order valence-corrected chi connectivity index (χ0v) is 9.32. The van der Waals surface area contributed by atoms with E-state index >= 15 is 0 Å². The van der Waals surface area contributed by atoms with Gasteiger partial charge in [0.05, 0.1) is 17.3 Å². The van der Waals surface area contributed by atoms with Crippen LogP contribution in [0.25, 0.3) is 0 Å². The molecule has 1 fully saturated rings. The summed E-state index contributed by atoms with van der Waals surface area (Å²) in [6.45, 7) is -0.0126. The molecular weight excluding hydrogens is 244 g/mol. The van der Waals surface area contributed by atoms with Crippen molar-refractivity contribution in [3.05, 3.63) is 23.8 Å². The summed E-state index contributed by atoms with van der Waals surface area (Å²) in [6, 6.07) is 1.59. The lowest BCUT2D eigenvalue weighted by Gasteiger charge is -2.18. The van der Waals surface area contributed by atoms with Crippen molar-refractivity contribution in [2.75, 3.05) is 17.2 Å². The molecule has 7 heteroatoms. The van der Waals surface area contributed by atoms with Gasteiger partial charge in [-0.3, -0.25) is 9.59 Å². The van der Waals surface area contributed by atoms with Crippen molar-refractivity contribution in [2.24, 2.45) is 11.7 Å². The van der Waals surface area contributed by atoms with Gasteiger partial charge in [-0.2, -0.15) is 0 Å². The molecule has 2 rings (SSSR count). The largest absolute Gasteiger partial charge is 0.395 e. The highest BCUT2D eigenvalue weighted by Crippen LogP contribution is 2.32. The van der Waals surface area contributed by atoms with E-state index in [4.69, 9.17) is 11.5 Å². The summed E-state index contributed by atoms with van der Waals surface area (Å²) in [5.74, 6) is -3.51. The zero-order chi connectivity index (χ0) is 13.4. The molecule has 1 aromatic rings. The Bertz CT molecular complexity index is 533. The molecule has 1 atom stereocenters. The van der Waals surface area contributed by atoms with Crippen molar-refractivity contribution in [2.45, 2.75) is 6.42 Å². The van der Waals surface area contributed by atoms with Gasteiger partial charge in [-0.05, 0) is 6.07 Å². The van der Waals surface area contributed by atoms with Gasteiger partial charge >= 0.3 is 0 Å². The monoisotopic (exact) mass is 255 g/mol. The topological polar surface area (TPSA) is 89.4 Å². The molecule has 1 heterocycles. The van der Waals surface area contributed by atoms with Gasteiger partial charge < -0.3 is 16.4 Å². The standard InChI is InChI=1S/C11H11F2N3O2/c12-6-2-7(13)10(14)8(3-6)16-4-5(11(15)18)1-9(16)17/h2-3,5H,1,4,14H2,(H2,15,18). The highest BCUT2D eigenvalue weighted by atomic mass is 19.1. The van der Waals surface area contributed by atoms with Crippen LogP contribution in [0.4, 0.5) is 20.2 Å². The van der Waals surface area contributed by atoms with E-state index in [2.05, 4.69) is 0 Å². The number of rotatable bonds is 2. The molecule has 18 heavy (non-hydrogen) atoms. The van der Waals surface area contributed by atoms with E-state index in [9.17, 15) is 18.4 Å². The normalized spacial score (nSPS) is 19.3. The lowest BCUT2D eigenvalue weighted by Crippen LogP contribution is -2.29. The third-order valence-corrected chi connectivity index (χ3v) is 2.89. The third kappa shape index (κ3) is 1.99. The van der Waals surface area contributed by atoms with Crippen molar-refractivity contribution < 1.29 is 18.4 Å². The van der Waals surface area contributed by atoms with Gasteiger partial charge in [0.15, 0.2) is 5.82 Å². The lowest BCUT2D eigenvalue weighted by atomic mass is 10.1. The van der Waals surface area contributed by atoms with Crippen molar-refractivity contribution in [3.8, 4) is 0 Å². The van der Waals surface area contributed by atoms with Crippen LogP contribution in [0.5, 0.6) is 0 Å². The molecule has 0 bridgehead atoms. The highest BCUT2D eigenvalue weighted by Gasteiger charge is 2.35. The number of benzene rings is 1. The number of nitrogens with two attached hydrogens (primary N) is 2. The van der Waals surface area contributed by atoms with E-state index in [1.54, 1.807) is 0 Å². The number of halogens is 2. The third-order valence-electron chi connectivity index (χ3n) is 2.89. The van der Waals surface area contributed by atoms with Crippen LogP contribution < -0.4 is 16.4 Å². The predicted molar refractivity (Wildman–Crippen MR) is 60.4 cm³/mol. The summed E-state index contributed by atoms with van der Waals surface area (Å²) in [6.07, 6.45) is -0.0765. The average molecular weight is 255 g/mol. The Balaban J connectivity index is 2.38. The van der Waals surface area contributed by atoms with Gasteiger partial charge in [-0.1, -0.05) is 0 Å². The van der Waals surface area contributed by atoms with Gasteiger partial charge in [0, 0.05) is 19.0 Å². The molecule has 96 valence electrons. The number of carbonyl (C=O) groups excluding carboxylic acids is 2. The number of nitrogens with zero attached hydrogens (tertiary/aromatic N) is 1. The molecule has 1 aliphatic rings. The first-order chi connectivity index (χ1) is 8.40. The van der Waals surface area contributed by atoms with Crippen LogP contribution in [0.2, 0.25) is 0 Å². The van der Waals surface area contributed by atoms with Crippen LogP contribution in [0.3, 0.4) is 0 Å². The quantitative estimate of drug-likeness (QED) is 0.749. The summed E-state index contributed by atoms with van der Waals surface area (Å²) in [4.78, 5) is 23.8. The fraction of sp³-hybridized carbons (Fsp3) is 0.273. The molecule has 0 saturated carbocycles. The molecule has 5 nitrogen and oxygen atoms in total. The number of primary amides is 1. The minimum absolute atomic E-state index is 0.0126. The summed E-state index contributed by atoms with van der Waals surface area (Å²) >= 11 is 0. The van der Waals surface area contributed by atoms with E-state index < -0.39 is 29.4 Å². The second kappa shape index (κ2) is 4.25. The zero-order valence-electron chi connectivity index (χ0n) is 9.32. The first kappa shape index (κ1) is 12.3. The first-order valence-corrected chi connectivity index (χ1v) is 5.24. The van der Waals surface area contributed by atoms with Crippen molar-refractivity contribution in [1.82, 2.24) is 0 Å². The van der Waals surface area contributed by atoms with Crippen LogP contribution in [0.1, 0.15) is 6.42 Å². The average Bonchev–Trinajstić information content (AvgIpc) is 2.66. The van der Waals surface area contributed by atoms with Crippen LogP contribution in [0, 0.1) is 17.6 Å². The van der Waals surface area contributed by atoms with E-state index in [-0.39, 0.29) is 24.3 Å². The SMILES string of the molecule is NC(=O)C1CC(=O)N(c2cc(F)cc(F)c2N)C1. The van der Waals surface area contributed by atoms with Crippen LogP contribution >= 0.6 is 0 Å². The highest BCUT2D eigenvalue weighted by molar-refractivity contribution is 6.02. The number of carbonyl (C=O) groups is 2. The molecule has 1 saturated heterocycles. The van der Waals surface area contributed by atoms with Crippen molar-refractivity contribution in [3.63, 3.8) is 0 Å². The molecule has 4 N–H and O–H groups in total. The number of amides is 2. The summed E-state index contributed by atoms with van der Waals surface area (Å²) in [5.41, 5.74) is 10.2. The van der Waals surface area contributed by atoms with E-state index in [1.165, 1.54) is 0 Å². The molecular formula is C11H11F2N3O2. The number of anilines is 2. The number of nitrogen functional groups attached to an aromatic ring is 1. The van der Waals surface area contributed by atoms with Gasteiger partial charge in [0.25, 0.3) is 0 Å². The summed E-state index contributed by atoms with van der Waals surface area (Å²) < 4.78 is 26.4. The van der Waals surface area contributed by atoms with Crippen LogP contribution in [0.15, 0.2) is 12.1 Å². The predicted octanol–water partition coefficient (Wildman–Crippen LogP) is 0.385. The smallest absolute Gasteiger partial charge is 0.227 e. The van der Waals surface area contributed by atoms with E-state index in [1.807, 2.05) is 0 Å². The Morgan fingerprint density at radius 1 is 1.39 bits per heavy atom. The Morgan fingerprint density at radius 3 is 2.61 bits per heavy atom. The molecule has 1 aromatic carbocycles. The fourth-order valence-corrected chi connectivity index (χ4v) is 1.93. The van der Waals surface area contributed by atoms with Crippen molar-refractivity contribution >= 4 is 23.2 Å². The maximum atomic E-state index is 13.3. The maximum Gasteiger partial charge on any atom is 0.227 e. The van der Waals surface area contributed by atoms with Gasteiger partial charge in [0.1, 0.15) is 5.82 Å². The van der Waals surface area contributed by atoms with Crippen LogP contribution in [-0.2, 0) is 9.59 Å². The van der Waals surface area contributed by atoms with E-state index in [0.29, 0.717) is 6.07 Å². The van der Waals surface area contributed by atoms with Gasteiger partial charge in [-0.15, -0.1) is 0 Å². The van der Waals surface area contributed by atoms with Crippen molar-refractivity contribution in [1.29, 1.82) is 0 Å². The molecule has 2 amide bonds. The minimum Gasteiger partial charge on any atom is -0.395 e. The van der Waals surface area contributed by atoms with Gasteiger partial charge in [0.2, 0.25) is 11.8 Å². The Morgan fingerprint density at radius 2 is 2.06 bits per heavy atom. The fourth-order valence-electron chi connectivity index (χ4n) is 1.93. The molecule has 0 aromatic heterocycles. The Kier molecular flexibility index (Phi) is 2.90. The molecule has 0 aliphatic carbocycles. The van der Waals surface area contributed by atoms with E-state index in [0.717, 1.165) is 11.0 Å². The second-order valence-electron chi connectivity index (χ2n) is 4.13. The molecule has 0 radical (unpaired) electrons. The van der Waals surface area contributed by atoms with Gasteiger partial charge in [-0.25, -0.2) is 8.78 Å².